The number of piperidine rings is 1. The van der Waals surface area contributed by atoms with Crippen molar-refractivity contribution in [1.82, 2.24) is 5.32 Å². The molecule has 0 aromatic heterocycles. The molecule has 0 spiro atoms. The van der Waals surface area contributed by atoms with Crippen LogP contribution in [0.15, 0.2) is 30.3 Å². The fourth-order valence-electron chi connectivity index (χ4n) is 2.63. The molecule has 0 amide bonds. The maximum atomic E-state index is 12.1. The number of sulfone groups is 1. The molecule has 1 aliphatic heterocycles. The van der Waals surface area contributed by atoms with Crippen molar-refractivity contribution in [1.29, 1.82) is 0 Å². The summed E-state index contributed by atoms with van der Waals surface area (Å²) in [6.07, 6.45) is 3.58. The van der Waals surface area contributed by atoms with Gasteiger partial charge in [0.05, 0.1) is 11.5 Å². The Bertz CT molecular complexity index is 464. The quantitative estimate of drug-likeness (QED) is 0.868. The lowest BCUT2D eigenvalue weighted by atomic mass is 10.0. The third-order valence-corrected chi connectivity index (χ3v) is 5.60. The summed E-state index contributed by atoms with van der Waals surface area (Å²) in [6.45, 7) is 1.93. The van der Waals surface area contributed by atoms with Crippen molar-refractivity contribution in [3.63, 3.8) is 0 Å². The second-order valence-electron chi connectivity index (χ2n) is 5.40. The van der Waals surface area contributed by atoms with Gasteiger partial charge in [-0.15, -0.1) is 0 Å². The Morgan fingerprint density at radius 1 is 1.11 bits per heavy atom. The molecule has 1 saturated heterocycles. The van der Waals surface area contributed by atoms with Crippen LogP contribution in [-0.4, -0.2) is 33.0 Å². The van der Waals surface area contributed by atoms with E-state index in [0.717, 1.165) is 38.8 Å². The second-order valence-corrected chi connectivity index (χ2v) is 7.63. The predicted octanol–water partition coefficient (Wildman–Crippen LogP) is 2.03. The van der Waals surface area contributed by atoms with Crippen LogP contribution in [0.3, 0.4) is 0 Å². The highest BCUT2D eigenvalue weighted by atomic mass is 32.2. The Morgan fingerprint density at radius 2 is 1.79 bits per heavy atom. The van der Waals surface area contributed by atoms with Gasteiger partial charge in [0.15, 0.2) is 9.84 Å². The number of hydrogen-bond donors (Lipinski definition) is 1. The average Bonchev–Trinajstić information content (AvgIpc) is 2.40. The molecule has 1 heterocycles. The van der Waals surface area contributed by atoms with Gasteiger partial charge in [-0.1, -0.05) is 30.3 Å². The van der Waals surface area contributed by atoms with Crippen LogP contribution in [0.1, 0.15) is 24.8 Å². The summed E-state index contributed by atoms with van der Waals surface area (Å²) in [6, 6.07) is 10.1. The third kappa shape index (κ3) is 5.33. The van der Waals surface area contributed by atoms with Crippen LogP contribution in [0.5, 0.6) is 0 Å². The minimum absolute atomic E-state index is 0.325. The van der Waals surface area contributed by atoms with E-state index >= 15 is 0 Å². The molecule has 1 fully saturated rings. The predicted molar refractivity (Wildman–Crippen MR) is 79.0 cm³/mol. The molecule has 0 bridgehead atoms. The molecule has 2 rings (SSSR count). The van der Waals surface area contributed by atoms with Gasteiger partial charge in [-0.25, -0.2) is 8.42 Å². The first-order valence-corrected chi connectivity index (χ1v) is 8.93. The van der Waals surface area contributed by atoms with Crippen LogP contribution in [0, 0.1) is 5.92 Å². The van der Waals surface area contributed by atoms with Crippen LogP contribution < -0.4 is 5.32 Å². The van der Waals surface area contributed by atoms with Gasteiger partial charge < -0.3 is 5.32 Å². The first-order chi connectivity index (χ1) is 9.16. The zero-order valence-corrected chi connectivity index (χ0v) is 12.2. The minimum Gasteiger partial charge on any atom is -0.317 e. The third-order valence-electron chi connectivity index (χ3n) is 3.71. The Morgan fingerprint density at radius 3 is 2.47 bits per heavy atom. The summed E-state index contributed by atoms with van der Waals surface area (Å²) in [4.78, 5) is 0. The molecule has 1 N–H and O–H groups in total. The van der Waals surface area contributed by atoms with Gasteiger partial charge in [0.1, 0.15) is 0 Å². The van der Waals surface area contributed by atoms with Gasteiger partial charge >= 0.3 is 0 Å². The minimum atomic E-state index is -2.88. The fourth-order valence-corrected chi connectivity index (χ4v) is 4.43. The lowest BCUT2D eigenvalue weighted by molar-refractivity contribution is 0.401. The molecule has 1 aromatic carbocycles. The number of hydrogen-bond acceptors (Lipinski definition) is 3. The highest BCUT2D eigenvalue weighted by Gasteiger charge is 2.20. The van der Waals surface area contributed by atoms with E-state index < -0.39 is 9.84 Å². The normalized spacial score (nSPS) is 17.5. The molecule has 19 heavy (non-hydrogen) atoms. The molecule has 0 unspecified atom stereocenters. The van der Waals surface area contributed by atoms with Gasteiger partial charge in [-0.2, -0.15) is 0 Å². The van der Waals surface area contributed by atoms with Gasteiger partial charge in [0.25, 0.3) is 0 Å². The molecular weight excluding hydrogens is 258 g/mol. The highest BCUT2D eigenvalue weighted by molar-refractivity contribution is 7.91. The van der Waals surface area contributed by atoms with E-state index in [4.69, 9.17) is 0 Å². The van der Waals surface area contributed by atoms with Gasteiger partial charge in [-0.05, 0) is 50.3 Å². The molecule has 0 saturated carbocycles. The molecule has 3 nitrogen and oxygen atoms in total. The number of aryl methyl sites for hydroxylation is 1. The van der Waals surface area contributed by atoms with E-state index in [2.05, 4.69) is 17.4 Å². The summed E-state index contributed by atoms with van der Waals surface area (Å²) in [7, 11) is -2.88. The maximum absolute atomic E-state index is 12.1. The van der Waals surface area contributed by atoms with Crippen molar-refractivity contribution >= 4 is 9.84 Å². The lowest BCUT2D eigenvalue weighted by Crippen LogP contribution is -2.32. The van der Waals surface area contributed by atoms with Crippen molar-refractivity contribution in [2.45, 2.75) is 25.7 Å². The van der Waals surface area contributed by atoms with Crippen molar-refractivity contribution in [2.24, 2.45) is 5.92 Å². The Hall–Kier alpha value is -0.870. The van der Waals surface area contributed by atoms with Crippen LogP contribution in [0.2, 0.25) is 0 Å². The Labute approximate surface area is 116 Å². The van der Waals surface area contributed by atoms with Crippen LogP contribution >= 0.6 is 0 Å². The first kappa shape index (κ1) is 14.5. The summed E-state index contributed by atoms with van der Waals surface area (Å²) >= 11 is 0. The molecule has 1 aromatic rings. The first-order valence-electron chi connectivity index (χ1n) is 7.11. The summed E-state index contributed by atoms with van der Waals surface area (Å²) in [5.74, 6) is 1.07. The zero-order valence-electron chi connectivity index (χ0n) is 11.3. The smallest absolute Gasteiger partial charge is 0.150 e. The molecule has 0 radical (unpaired) electrons. The summed E-state index contributed by atoms with van der Waals surface area (Å²) < 4.78 is 24.1. The van der Waals surface area contributed by atoms with Gasteiger partial charge in [0, 0.05) is 0 Å². The van der Waals surface area contributed by atoms with Gasteiger partial charge in [0.2, 0.25) is 0 Å². The monoisotopic (exact) mass is 281 g/mol. The van der Waals surface area contributed by atoms with Gasteiger partial charge in [-0.3, -0.25) is 0 Å². The van der Waals surface area contributed by atoms with E-state index in [1.54, 1.807) is 0 Å². The topological polar surface area (TPSA) is 46.2 Å². The molecular formula is C15H23NO2S. The number of nitrogens with one attached hydrogen (secondary N) is 1. The average molecular weight is 281 g/mol. The van der Waals surface area contributed by atoms with E-state index in [0.29, 0.717) is 17.4 Å². The van der Waals surface area contributed by atoms with Crippen molar-refractivity contribution in [2.75, 3.05) is 24.6 Å². The van der Waals surface area contributed by atoms with E-state index in [-0.39, 0.29) is 0 Å². The van der Waals surface area contributed by atoms with E-state index in [9.17, 15) is 8.42 Å². The van der Waals surface area contributed by atoms with E-state index in [1.807, 2.05) is 18.2 Å². The lowest BCUT2D eigenvalue weighted by Gasteiger charge is -2.22. The standard InChI is InChI=1S/C15H23NO2S/c17-19(18,13-15-8-10-16-11-9-15)12-4-7-14-5-2-1-3-6-14/h1-3,5-6,15-16H,4,7-13H2. The van der Waals surface area contributed by atoms with E-state index in [1.165, 1.54) is 5.56 Å². The van der Waals surface area contributed by atoms with Crippen LogP contribution in [0.4, 0.5) is 0 Å². The van der Waals surface area contributed by atoms with Crippen molar-refractivity contribution in [3.05, 3.63) is 35.9 Å². The molecule has 106 valence electrons. The highest BCUT2D eigenvalue weighted by Crippen LogP contribution is 2.15. The molecule has 0 atom stereocenters. The molecule has 0 aliphatic carbocycles. The van der Waals surface area contributed by atoms with Crippen molar-refractivity contribution < 1.29 is 8.42 Å². The number of rotatable bonds is 6. The molecule has 1 aliphatic rings. The number of benzene rings is 1. The SMILES string of the molecule is O=S(=O)(CCCc1ccccc1)CC1CCNCC1. The summed E-state index contributed by atoms with van der Waals surface area (Å²) in [5, 5.41) is 3.27. The maximum Gasteiger partial charge on any atom is 0.150 e. The fraction of sp³-hybridized carbons (Fsp3) is 0.600. The zero-order chi connectivity index (χ0) is 13.6. The largest absolute Gasteiger partial charge is 0.317 e. The Kier molecular flexibility index (Phi) is 5.40. The van der Waals surface area contributed by atoms with Crippen molar-refractivity contribution in [3.8, 4) is 0 Å². The van der Waals surface area contributed by atoms with Crippen LogP contribution in [-0.2, 0) is 16.3 Å². The Balaban J connectivity index is 1.74. The second kappa shape index (κ2) is 7.06. The van der Waals surface area contributed by atoms with Crippen LogP contribution in [0.25, 0.3) is 0 Å². The molecule has 4 heteroatoms. The summed E-state index contributed by atoms with van der Waals surface area (Å²) in [5.41, 5.74) is 1.22.